The molecule has 1 unspecified atom stereocenters. The van der Waals surface area contributed by atoms with Crippen LogP contribution < -0.4 is 10.0 Å². The number of aromatic nitrogens is 2. The Hall–Kier alpha value is -1.98. The number of rotatable bonds is 5. The van der Waals surface area contributed by atoms with Gasteiger partial charge < -0.3 is 10.0 Å². The Morgan fingerprint density at radius 3 is 2.52 bits per heavy atom. The third kappa shape index (κ3) is 4.66. The van der Waals surface area contributed by atoms with E-state index in [1.54, 1.807) is 37.5 Å². The Morgan fingerprint density at radius 2 is 1.89 bits per heavy atom. The van der Waals surface area contributed by atoms with Crippen LogP contribution in [0, 0.1) is 9.39 Å². The Kier molecular flexibility index (Phi) is 6.12. The number of aryl methyl sites for hydroxylation is 1. The maximum Gasteiger partial charge on any atom is 0.275 e. The largest absolute Gasteiger partial charge is 0.321 e. The van der Waals surface area contributed by atoms with Gasteiger partial charge in [0.1, 0.15) is 11.5 Å². The normalized spacial score (nSPS) is 11.9. The van der Waals surface area contributed by atoms with Gasteiger partial charge in [-0.15, -0.1) is 0 Å². The number of carbonyl (C=O) groups is 1. The summed E-state index contributed by atoms with van der Waals surface area (Å²) in [6, 6.07) is 10.4. The molecular formula is C17H13ClFIN4O2S. The molecule has 10 heteroatoms. The fraction of sp³-hybridized carbons (Fsp3) is 0.0588. The first kappa shape index (κ1) is 19.8. The molecule has 0 spiro atoms. The average Bonchev–Trinajstić information content (AvgIpc) is 2.97. The monoisotopic (exact) mass is 518 g/mol. The second kappa shape index (κ2) is 8.36. The lowest BCUT2D eigenvalue weighted by atomic mass is 10.3. The van der Waals surface area contributed by atoms with Crippen LogP contribution in [0.3, 0.4) is 0 Å². The van der Waals surface area contributed by atoms with Crippen LogP contribution in [0.1, 0.15) is 10.5 Å². The Balaban J connectivity index is 1.80. The average molecular weight is 519 g/mol. The zero-order valence-corrected chi connectivity index (χ0v) is 17.6. The summed E-state index contributed by atoms with van der Waals surface area (Å²) in [5.41, 5.74) is 1.22. The van der Waals surface area contributed by atoms with Crippen LogP contribution in [0.25, 0.3) is 0 Å². The second-order valence-electron chi connectivity index (χ2n) is 5.44. The molecule has 1 aromatic heterocycles. The molecule has 0 saturated carbocycles. The van der Waals surface area contributed by atoms with Gasteiger partial charge in [-0.05, 0) is 65.1 Å². The second-order valence-corrected chi connectivity index (χ2v) is 8.22. The number of nitrogens with one attached hydrogen (secondary N) is 2. The lowest BCUT2D eigenvalue weighted by molar-refractivity contribution is 0.101. The van der Waals surface area contributed by atoms with Gasteiger partial charge in [-0.3, -0.25) is 9.48 Å². The number of carbonyl (C=O) groups excluding carboxylic acids is 1. The molecule has 0 fully saturated rings. The number of halogens is 3. The topological polar surface area (TPSA) is 76.0 Å². The maximum absolute atomic E-state index is 14.1. The molecule has 1 atom stereocenters. The smallest absolute Gasteiger partial charge is 0.275 e. The van der Waals surface area contributed by atoms with E-state index in [1.807, 2.05) is 22.6 Å². The van der Waals surface area contributed by atoms with E-state index in [9.17, 15) is 13.4 Å². The molecule has 0 saturated heterocycles. The van der Waals surface area contributed by atoms with Gasteiger partial charge >= 0.3 is 0 Å². The quantitative estimate of drug-likeness (QED) is 0.497. The molecule has 1 heterocycles. The standard InChI is InChI=1S/C17H13ClFIN4O2S/c1-24-16(14(20)9-21-24)17(25)22-12-6-7-13(19)15(8-12)27(26)23-11-4-2-10(18)3-5-11/h2-9,23H,1H3,(H,22,25). The Bertz CT molecular complexity index is 1010. The third-order valence-electron chi connectivity index (χ3n) is 3.55. The Labute approximate surface area is 175 Å². The third-order valence-corrected chi connectivity index (χ3v) is 5.73. The molecule has 3 aromatic rings. The molecule has 0 aliphatic heterocycles. The van der Waals surface area contributed by atoms with Gasteiger partial charge in [0.25, 0.3) is 5.91 Å². The SMILES string of the molecule is Cn1ncc(I)c1C(=O)Nc1ccc(F)c(S(=O)Nc2ccc(Cl)cc2)c1. The highest BCUT2D eigenvalue weighted by Gasteiger charge is 2.17. The van der Waals surface area contributed by atoms with Crippen LogP contribution >= 0.6 is 34.2 Å². The predicted octanol–water partition coefficient (Wildman–Crippen LogP) is 4.20. The summed E-state index contributed by atoms with van der Waals surface area (Å²) < 4.78 is 31.5. The van der Waals surface area contributed by atoms with E-state index in [0.29, 0.717) is 25.7 Å². The fourth-order valence-corrected chi connectivity index (χ4v) is 4.04. The molecule has 0 radical (unpaired) electrons. The van der Waals surface area contributed by atoms with Crippen molar-refractivity contribution < 1.29 is 13.4 Å². The number of amides is 1. The van der Waals surface area contributed by atoms with Crippen molar-refractivity contribution in [3.63, 3.8) is 0 Å². The van der Waals surface area contributed by atoms with Crippen molar-refractivity contribution in [2.24, 2.45) is 7.05 Å². The molecule has 2 aromatic carbocycles. The van der Waals surface area contributed by atoms with Crippen LogP contribution in [0.4, 0.5) is 15.8 Å². The molecule has 140 valence electrons. The number of hydrogen-bond acceptors (Lipinski definition) is 3. The van der Waals surface area contributed by atoms with E-state index >= 15 is 0 Å². The van der Waals surface area contributed by atoms with Crippen molar-refractivity contribution in [3.05, 3.63) is 68.8 Å². The number of anilines is 2. The van der Waals surface area contributed by atoms with Crippen LogP contribution in [-0.2, 0) is 18.0 Å². The highest BCUT2D eigenvalue weighted by atomic mass is 127. The summed E-state index contributed by atoms with van der Waals surface area (Å²) in [5.74, 6) is -1.05. The van der Waals surface area contributed by atoms with Gasteiger partial charge in [0.05, 0.1) is 14.7 Å². The summed E-state index contributed by atoms with van der Waals surface area (Å²) >= 11 is 7.82. The van der Waals surface area contributed by atoms with Crippen LogP contribution in [0.2, 0.25) is 5.02 Å². The summed E-state index contributed by atoms with van der Waals surface area (Å²) in [6.45, 7) is 0. The highest BCUT2D eigenvalue weighted by Crippen LogP contribution is 2.22. The van der Waals surface area contributed by atoms with Crippen LogP contribution in [-0.4, -0.2) is 19.9 Å². The molecule has 6 nitrogen and oxygen atoms in total. The summed E-state index contributed by atoms with van der Waals surface area (Å²) in [4.78, 5) is 12.4. The summed E-state index contributed by atoms with van der Waals surface area (Å²) in [6.07, 6.45) is 1.57. The van der Waals surface area contributed by atoms with Gasteiger partial charge in [0, 0.05) is 23.4 Å². The van der Waals surface area contributed by atoms with Gasteiger partial charge in [0.15, 0.2) is 11.0 Å². The summed E-state index contributed by atoms with van der Waals surface area (Å²) in [7, 11) is -0.211. The van der Waals surface area contributed by atoms with Crippen molar-refractivity contribution in [2.75, 3.05) is 10.0 Å². The van der Waals surface area contributed by atoms with E-state index < -0.39 is 22.7 Å². The predicted molar refractivity (Wildman–Crippen MR) is 112 cm³/mol. The minimum absolute atomic E-state index is 0.0811. The molecule has 0 bridgehead atoms. The number of nitrogens with zero attached hydrogens (tertiary/aromatic N) is 2. The number of benzene rings is 2. The van der Waals surface area contributed by atoms with Gasteiger partial charge in [0.2, 0.25) is 0 Å². The van der Waals surface area contributed by atoms with Gasteiger partial charge in [-0.25, -0.2) is 8.60 Å². The van der Waals surface area contributed by atoms with Gasteiger partial charge in [-0.2, -0.15) is 5.10 Å². The van der Waals surface area contributed by atoms with Crippen molar-refractivity contribution in [1.82, 2.24) is 9.78 Å². The lowest BCUT2D eigenvalue weighted by Crippen LogP contribution is -2.17. The van der Waals surface area contributed by atoms with Crippen LogP contribution in [0.5, 0.6) is 0 Å². The van der Waals surface area contributed by atoms with E-state index in [-0.39, 0.29) is 4.90 Å². The molecule has 0 aliphatic carbocycles. The van der Waals surface area contributed by atoms with Gasteiger partial charge in [-0.1, -0.05) is 11.6 Å². The van der Waals surface area contributed by atoms with E-state index in [2.05, 4.69) is 15.1 Å². The first-order valence-corrected chi connectivity index (χ1v) is 10.2. The van der Waals surface area contributed by atoms with Crippen molar-refractivity contribution in [3.8, 4) is 0 Å². The zero-order chi connectivity index (χ0) is 19.6. The fourth-order valence-electron chi connectivity index (χ4n) is 2.26. The number of hydrogen-bond donors (Lipinski definition) is 2. The minimum atomic E-state index is -1.86. The Morgan fingerprint density at radius 1 is 1.22 bits per heavy atom. The first-order chi connectivity index (χ1) is 12.8. The summed E-state index contributed by atoms with van der Waals surface area (Å²) in [5, 5.41) is 7.22. The molecule has 3 rings (SSSR count). The molecule has 0 aliphatic rings. The minimum Gasteiger partial charge on any atom is -0.321 e. The molecule has 27 heavy (non-hydrogen) atoms. The molecule has 2 N–H and O–H groups in total. The van der Waals surface area contributed by atoms with E-state index in [0.717, 1.165) is 6.07 Å². The first-order valence-electron chi connectivity index (χ1n) is 7.57. The van der Waals surface area contributed by atoms with Crippen LogP contribution in [0.15, 0.2) is 53.6 Å². The lowest BCUT2D eigenvalue weighted by Gasteiger charge is -2.10. The van der Waals surface area contributed by atoms with Crippen molar-refractivity contribution in [1.29, 1.82) is 0 Å². The highest BCUT2D eigenvalue weighted by molar-refractivity contribution is 14.1. The molecule has 1 amide bonds. The maximum atomic E-state index is 14.1. The molecular weight excluding hydrogens is 506 g/mol. The van der Waals surface area contributed by atoms with Crippen molar-refractivity contribution in [2.45, 2.75) is 4.90 Å². The van der Waals surface area contributed by atoms with E-state index in [1.165, 1.54) is 16.8 Å². The zero-order valence-electron chi connectivity index (χ0n) is 13.9. The van der Waals surface area contributed by atoms with E-state index in [4.69, 9.17) is 11.6 Å². The van der Waals surface area contributed by atoms with Crippen molar-refractivity contribution >= 4 is 62.5 Å².